The van der Waals surface area contributed by atoms with E-state index in [1.54, 1.807) is 0 Å². The zero-order valence-electron chi connectivity index (χ0n) is 10.8. The molecule has 0 spiro atoms. The Bertz CT molecular complexity index is 1060. The molecule has 3 aromatic rings. The number of H-pyrrole nitrogens is 2. The van der Waals surface area contributed by atoms with Crippen molar-refractivity contribution in [2.45, 2.75) is 6.18 Å². The highest BCUT2D eigenvalue weighted by Crippen LogP contribution is 2.26. The van der Waals surface area contributed by atoms with Crippen LogP contribution in [-0.2, 0) is 6.18 Å². The van der Waals surface area contributed by atoms with Crippen molar-refractivity contribution in [3.05, 3.63) is 60.2 Å². The van der Waals surface area contributed by atoms with E-state index < -0.39 is 39.5 Å². The molecule has 0 saturated heterocycles. The highest BCUT2D eigenvalue weighted by molar-refractivity contribution is 7.16. The van der Waals surface area contributed by atoms with E-state index in [1.165, 1.54) is 4.98 Å². The van der Waals surface area contributed by atoms with Gasteiger partial charge in [-0.1, -0.05) is 11.3 Å². The van der Waals surface area contributed by atoms with Crippen LogP contribution in [0.25, 0.3) is 15.9 Å². The third kappa shape index (κ3) is 2.59. The Morgan fingerprint density at radius 3 is 2.35 bits per heavy atom. The first kappa shape index (κ1) is 15.2. The summed E-state index contributed by atoms with van der Waals surface area (Å²) in [5, 5.41) is 0. The highest BCUT2D eigenvalue weighted by atomic mass is 32.1. The van der Waals surface area contributed by atoms with Gasteiger partial charge in [-0.2, -0.15) is 13.2 Å². The average Bonchev–Trinajstić information content (AvgIpc) is 2.76. The second-order valence-corrected chi connectivity index (χ2v) is 5.49. The summed E-state index contributed by atoms with van der Waals surface area (Å²) < 4.78 is 52.2. The first-order chi connectivity index (χ1) is 10.7. The van der Waals surface area contributed by atoms with Crippen LogP contribution >= 0.6 is 11.3 Å². The van der Waals surface area contributed by atoms with E-state index in [0.717, 1.165) is 12.1 Å². The molecular formula is C12H5F4N3O3S. The third-order valence-electron chi connectivity index (χ3n) is 2.97. The Labute approximate surface area is 126 Å². The molecule has 23 heavy (non-hydrogen) atoms. The third-order valence-corrected chi connectivity index (χ3v) is 3.81. The summed E-state index contributed by atoms with van der Waals surface area (Å²) in [7, 11) is 0. The lowest BCUT2D eigenvalue weighted by Crippen LogP contribution is -2.36. The summed E-state index contributed by atoms with van der Waals surface area (Å²) in [6.07, 6.45) is -4.92. The smallest absolute Gasteiger partial charge is 0.312 e. The lowest BCUT2D eigenvalue weighted by atomic mass is 10.2. The minimum atomic E-state index is -4.92. The van der Waals surface area contributed by atoms with Gasteiger partial charge in [-0.3, -0.25) is 9.59 Å². The van der Waals surface area contributed by atoms with Crippen LogP contribution in [0.3, 0.4) is 0 Å². The number of nitrogens with one attached hydrogen (secondary N) is 2. The number of aromatic nitrogens is 3. The molecule has 3 rings (SSSR count). The van der Waals surface area contributed by atoms with Crippen molar-refractivity contribution in [2.75, 3.05) is 0 Å². The lowest BCUT2D eigenvalue weighted by Gasteiger charge is -2.09. The molecule has 0 fully saturated rings. The van der Waals surface area contributed by atoms with Crippen molar-refractivity contribution < 1.29 is 17.6 Å². The van der Waals surface area contributed by atoms with Gasteiger partial charge < -0.3 is 9.97 Å². The molecule has 2 N–H and O–H groups in total. The van der Waals surface area contributed by atoms with Crippen LogP contribution in [0.15, 0.2) is 32.6 Å². The van der Waals surface area contributed by atoms with Gasteiger partial charge >= 0.3 is 16.7 Å². The standard InChI is InChI=1S/C12H5F4N3O3S/c13-4-1-7-5(17-11(22)23-7)2-6(4)19-9(20)3-8(12(14,15)16)18-10(19)21/h1-3H,(H,17,22)(H,18,21). The second-order valence-electron chi connectivity index (χ2n) is 4.47. The predicted molar refractivity (Wildman–Crippen MR) is 73.6 cm³/mol. The molecule has 0 bridgehead atoms. The van der Waals surface area contributed by atoms with Crippen molar-refractivity contribution in [3.63, 3.8) is 0 Å². The molecule has 6 nitrogen and oxygen atoms in total. The van der Waals surface area contributed by atoms with Gasteiger partial charge in [0.05, 0.1) is 15.9 Å². The molecule has 0 aliphatic heterocycles. The summed E-state index contributed by atoms with van der Waals surface area (Å²) in [5.41, 5.74) is -4.74. The van der Waals surface area contributed by atoms with E-state index in [9.17, 15) is 31.9 Å². The van der Waals surface area contributed by atoms with Crippen molar-refractivity contribution in [1.29, 1.82) is 0 Å². The van der Waals surface area contributed by atoms with E-state index in [-0.39, 0.29) is 20.9 Å². The van der Waals surface area contributed by atoms with Crippen molar-refractivity contribution in [2.24, 2.45) is 0 Å². The monoisotopic (exact) mass is 347 g/mol. The largest absolute Gasteiger partial charge is 0.431 e. The Hall–Kier alpha value is -2.69. The Morgan fingerprint density at radius 1 is 1.04 bits per heavy atom. The zero-order chi connectivity index (χ0) is 16.9. The zero-order valence-corrected chi connectivity index (χ0v) is 11.6. The van der Waals surface area contributed by atoms with Crippen LogP contribution in [0, 0.1) is 5.82 Å². The van der Waals surface area contributed by atoms with Crippen LogP contribution < -0.4 is 16.1 Å². The predicted octanol–water partition coefficient (Wildman–Crippen LogP) is 1.59. The highest BCUT2D eigenvalue weighted by Gasteiger charge is 2.33. The van der Waals surface area contributed by atoms with E-state index in [2.05, 4.69) is 4.98 Å². The SMILES string of the molecule is O=c1[nH]c2cc(-n3c(=O)cc(C(F)(F)F)[nH]c3=O)c(F)cc2s1. The second kappa shape index (κ2) is 4.91. The molecule has 0 saturated carbocycles. The number of nitrogens with zero attached hydrogens (tertiary/aromatic N) is 1. The minimum Gasteiger partial charge on any atom is -0.312 e. The molecular weight excluding hydrogens is 342 g/mol. The van der Waals surface area contributed by atoms with E-state index in [1.807, 2.05) is 0 Å². The number of alkyl halides is 3. The van der Waals surface area contributed by atoms with E-state index in [4.69, 9.17) is 0 Å². The number of aromatic amines is 2. The average molecular weight is 347 g/mol. The molecule has 120 valence electrons. The fraction of sp³-hybridized carbons (Fsp3) is 0.0833. The first-order valence-electron chi connectivity index (χ1n) is 5.93. The molecule has 0 aliphatic carbocycles. The fourth-order valence-electron chi connectivity index (χ4n) is 2.01. The van der Waals surface area contributed by atoms with Gasteiger partial charge in [0.1, 0.15) is 11.5 Å². The molecule has 0 atom stereocenters. The van der Waals surface area contributed by atoms with Gasteiger partial charge in [-0.25, -0.2) is 13.8 Å². The van der Waals surface area contributed by atoms with Crippen LogP contribution in [0.1, 0.15) is 5.69 Å². The van der Waals surface area contributed by atoms with Crippen LogP contribution in [0.2, 0.25) is 0 Å². The van der Waals surface area contributed by atoms with E-state index in [0.29, 0.717) is 11.3 Å². The van der Waals surface area contributed by atoms with Gasteiger partial charge in [0.15, 0.2) is 0 Å². The molecule has 0 amide bonds. The topological polar surface area (TPSA) is 87.7 Å². The normalized spacial score (nSPS) is 12.0. The van der Waals surface area contributed by atoms with Crippen molar-refractivity contribution in [3.8, 4) is 5.69 Å². The number of rotatable bonds is 1. The number of halogens is 4. The maximum Gasteiger partial charge on any atom is 0.431 e. The van der Waals surface area contributed by atoms with Gasteiger partial charge in [0.2, 0.25) is 0 Å². The Morgan fingerprint density at radius 2 is 1.74 bits per heavy atom. The summed E-state index contributed by atoms with van der Waals surface area (Å²) in [6, 6.07) is 2.07. The minimum absolute atomic E-state index is 0.154. The number of fused-ring (bicyclic) bond motifs is 1. The van der Waals surface area contributed by atoms with Crippen LogP contribution in [0.4, 0.5) is 17.6 Å². The van der Waals surface area contributed by atoms with E-state index >= 15 is 0 Å². The number of benzene rings is 1. The number of hydrogen-bond acceptors (Lipinski definition) is 4. The van der Waals surface area contributed by atoms with Gasteiger partial charge in [0.25, 0.3) is 5.56 Å². The molecule has 2 aromatic heterocycles. The maximum atomic E-state index is 14.1. The number of hydrogen-bond donors (Lipinski definition) is 2. The lowest BCUT2D eigenvalue weighted by molar-refractivity contribution is -0.141. The molecule has 0 aliphatic rings. The van der Waals surface area contributed by atoms with Crippen LogP contribution in [-0.4, -0.2) is 14.5 Å². The number of thiazole rings is 1. The Kier molecular flexibility index (Phi) is 3.25. The first-order valence-corrected chi connectivity index (χ1v) is 6.75. The fourth-order valence-corrected chi connectivity index (χ4v) is 2.75. The molecule has 0 radical (unpaired) electrons. The molecule has 0 unspecified atom stereocenters. The molecule has 2 heterocycles. The quantitative estimate of drug-likeness (QED) is 0.655. The molecule has 1 aromatic carbocycles. The van der Waals surface area contributed by atoms with Gasteiger partial charge in [0, 0.05) is 6.07 Å². The van der Waals surface area contributed by atoms with Crippen molar-refractivity contribution in [1.82, 2.24) is 14.5 Å². The van der Waals surface area contributed by atoms with Crippen molar-refractivity contribution >= 4 is 21.6 Å². The van der Waals surface area contributed by atoms with Gasteiger partial charge in [-0.05, 0) is 12.1 Å². The molecule has 11 heteroatoms. The van der Waals surface area contributed by atoms with Gasteiger partial charge in [-0.15, -0.1) is 0 Å². The van der Waals surface area contributed by atoms with Crippen LogP contribution in [0.5, 0.6) is 0 Å². The summed E-state index contributed by atoms with van der Waals surface area (Å²) >= 11 is 0.711. The maximum absolute atomic E-state index is 14.1. The summed E-state index contributed by atoms with van der Waals surface area (Å²) in [4.78, 5) is 38.2. The summed E-state index contributed by atoms with van der Waals surface area (Å²) in [5.74, 6) is -1.03. The summed E-state index contributed by atoms with van der Waals surface area (Å²) in [6.45, 7) is 0. The Balaban J connectivity index is 2.31.